The van der Waals surface area contributed by atoms with Crippen LogP contribution in [0.1, 0.15) is 25.7 Å². The van der Waals surface area contributed by atoms with Crippen molar-refractivity contribution in [1.29, 1.82) is 0 Å². The molecule has 1 rings (SSSR count). The molecule has 0 aromatic rings. The van der Waals surface area contributed by atoms with E-state index in [-0.39, 0.29) is 12.0 Å². The molecule has 0 heterocycles. The molecular formula is C10H17F3N2O. The minimum absolute atomic E-state index is 0.0944. The van der Waals surface area contributed by atoms with Gasteiger partial charge in [-0.2, -0.15) is 13.2 Å². The smallest absolute Gasteiger partial charge is 0.336 e. The SMILES string of the molecule is CN(CC(F)(F)F)C(=O)C1CCC(N)CC1. The Balaban J connectivity index is 2.45. The third-order valence-electron chi connectivity index (χ3n) is 2.91. The second kappa shape index (κ2) is 5.03. The molecule has 0 aliphatic heterocycles. The van der Waals surface area contributed by atoms with Crippen LogP contribution in [0.2, 0.25) is 0 Å². The monoisotopic (exact) mass is 238 g/mol. The van der Waals surface area contributed by atoms with Crippen LogP contribution in [0, 0.1) is 5.92 Å². The quantitative estimate of drug-likeness (QED) is 0.793. The number of amides is 1. The van der Waals surface area contributed by atoms with Crippen molar-refractivity contribution in [2.45, 2.75) is 37.9 Å². The van der Waals surface area contributed by atoms with Crippen LogP contribution in [0.15, 0.2) is 0 Å². The fraction of sp³-hybridized carbons (Fsp3) is 0.900. The van der Waals surface area contributed by atoms with E-state index in [1.807, 2.05) is 0 Å². The zero-order chi connectivity index (χ0) is 12.3. The zero-order valence-corrected chi connectivity index (χ0v) is 9.26. The van der Waals surface area contributed by atoms with Crippen molar-refractivity contribution in [3.05, 3.63) is 0 Å². The molecule has 0 saturated heterocycles. The maximum atomic E-state index is 12.1. The highest BCUT2D eigenvalue weighted by Gasteiger charge is 2.34. The molecule has 0 atom stereocenters. The largest absolute Gasteiger partial charge is 0.406 e. The van der Waals surface area contributed by atoms with Crippen LogP contribution in [-0.4, -0.2) is 36.6 Å². The Morgan fingerprint density at radius 2 is 1.81 bits per heavy atom. The lowest BCUT2D eigenvalue weighted by molar-refractivity contribution is -0.161. The molecule has 0 aromatic heterocycles. The van der Waals surface area contributed by atoms with E-state index in [2.05, 4.69) is 0 Å². The number of nitrogens with two attached hydrogens (primary N) is 1. The second-order valence-electron chi connectivity index (χ2n) is 4.42. The molecule has 1 fully saturated rings. The van der Waals surface area contributed by atoms with Gasteiger partial charge in [0.1, 0.15) is 6.54 Å². The molecule has 1 amide bonds. The van der Waals surface area contributed by atoms with Crippen molar-refractivity contribution in [2.24, 2.45) is 11.7 Å². The van der Waals surface area contributed by atoms with Crippen molar-refractivity contribution in [1.82, 2.24) is 4.90 Å². The summed E-state index contributed by atoms with van der Waals surface area (Å²) in [7, 11) is 1.20. The summed E-state index contributed by atoms with van der Waals surface area (Å²) in [6, 6.07) is 0.0944. The van der Waals surface area contributed by atoms with Crippen LogP contribution >= 0.6 is 0 Å². The van der Waals surface area contributed by atoms with Gasteiger partial charge >= 0.3 is 6.18 Å². The van der Waals surface area contributed by atoms with E-state index in [1.54, 1.807) is 0 Å². The van der Waals surface area contributed by atoms with Crippen molar-refractivity contribution in [3.8, 4) is 0 Å². The van der Waals surface area contributed by atoms with Crippen LogP contribution in [0.5, 0.6) is 0 Å². The third-order valence-corrected chi connectivity index (χ3v) is 2.91. The van der Waals surface area contributed by atoms with E-state index in [9.17, 15) is 18.0 Å². The molecule has 94 valence electrons. The zero-order valence-electron chi connectivity index (χ0n) is 9.26. The third kappa shape index (κ3) is 4.00. The average molecular weight is 238 g/mol. The van der Waals surface area contributed by atoms with Crippen LogP contribution < -0.4 is 5.73 Å². The first kappa shape index (κ1) is 13.3. The van der Waals surface area contributed by atoms with Gasteiger partial charge in [0.2, 0.25) is 5.91 Å². The predicted octanol–water partition coefficient (Wildman–Crippen LogP) is 1.52. The summed E-state index contributed by atoms with van der Waals surface area (Å²) in [6.07, 6.45) is -1.69. The van der Waals surface area contributed by atoms with Crippen molar-refractivity contribution in [2.75, 3.05) is 13.6 Å². The average Bonchev–Trinajstić information content (AvgIpc) is 2.15. The fourth-order valence-corrected chi connectivity index (χ4v) is 2.02. The van der Waals surface area contributed by atoms with Crippen LogP contribution in [0.3, 0.4) is 0 Å². The summed E-state index contributed by atoms with van der Waals surface area (Å²) in [5.74, 6) is -0.698. The topological polar surface area (TPSA) is 46.3 Å². The molecular weight excluding hydrogens is 221 g/mol. The Kier molecular flexibility index (Phi) is 4.18. The Labute approximate surface area is 92.8 Å². The molecule has 1 aliphatic carbocycles. The Bertz CT molecular complexity index is 247. The summed E-state index contributed by atoms with van der Waals surface area (Å²) in [4.78, 5) is 12.4. The molecule has 0 bridgehead atoms. The maximum Gasteiger partial charge on any atom is 0.406 e. The molecule has 0 spiro atoms. The number of rotatable bonds is 2. The van der Waals surface area contributed by atoms with Crippen molar-refractivity contribution in [3.63, 3.8) is 0 Å². The van der Waals surface area contributed by atoms with E-state index in [4.69, 9.17) is 5.73 Å². The summed E-state index contributed by atoms with van der Waals surface area (Å²) < 4.78 is 36.2. The number of nitrogens with zero attached hydrogens (tertiary/aromatic N) is 1. The van der Waals surface area contributed by atoms with Crippen molar-refractivity contribution < 1.29 is 18.0 Å². The van der Waals surface area contributed by atoms with Gasteiger partial charge < -0.3 is 10.6 Å². The summed E-state index contributed by atoms with van der Waals surface area (Å²) >= 11 is 0. The predicted molar refractivity (Wildman–Crippen MR) is 53.6 cm³/mol. The lowest BCUT2D eigenvalue weighted by Crippen LogP contribution is -2.41. The first-order chi connectivity index (χ1) is 7.29. The normalized spacial score (nSPS) is 26.6. The van der Waals surface area contributed by atoms with Crippen molar-refractivity contribution >= 4 is 5.91 Å². The van der Waals surface area contributed by atoms with Crippen LogP contribution in [0.25, 0.3) is 0 Å². The van der Waals surface area contributed by atoms with Crippen LogP contribution in [-0.2, 0) is 4.79 Å². The van der Waals surface area contributed by atoms with E-state index < -0.39 is 18.6 Å². The van der Waals surface area contributed by atoms with Gasteiger partial charge in [-0.05, 0) is 25.7 Å². The molecule has 16 heavy (non-hydrogen) atoms. The van der Waals surface area contributed by atoms with E-state index in [0.29, 0.717) is 12.8 Å². The van der Waals surface area contributed by atoms with Gasteiger partial charge in [-0.25, -0.2) is 0 Å². The number of halogens is 3. The number of carbonyl (C=O) groups is 1. The van der Waals surface area contributed by atoms with Gasteiger partial charge in [-0.3, -0.25) is 4.79 Å². The number of alkyl halides is 3. The molecule has 0 radical (unpaired) electrons. The number of hydrogen-bond acceptors (Lipinski definition) is 2. The second-order valence-corrected chi connectivity index (χ2v) is 4.42. The lowest BCUT2D eigenvalue weighted by Gasteiger charge is -2.29. The highest BCUT2D eigenvalue weighted by molar-refractivity contribution is 5.78. The van der Waals surface area contributed by atoms with Crippen LogP contribution in [0.4, 0.5) is 13.2 Å². The Morgan fingerprint density at radius 3 is 2.25 bits per heavy atom. The van der Waals surface area contributed by atoms with Gasteiger partial charge in [-0.15, -0.1) is 0 Å². The number of hydrogen-bond donors (Lipinski definition) is 1. The Hall–Kier alpha value is -0.780. The molecule has 0 unspecified atom stereocenters. The summed E-state index contributed by atoms with van der Waals surface area (Å²) in [6.45, 7) is -1.17. The number of carbonyl (C=O) groups excluding carboxylic acids is 1. The lowest BCUT2D eigenvalue weighted by atomic mass is 9.85. The molecule has 3 nitrogen and oxygen atoms in total. The summed E-state index contributed by atoms with van der Waals surface area (Å²) in [5, 5.41) is 0. The van der Waals surface area contributed by atoms with E-state index in [0.717, 1.165) is 17.7 Å². The minimum atomic E-state index is -4.32. The molecule has 6 heteroatoms. The van der Waals surface area contributed by atoms with Gasteiger partial charge in [0.15, 0.2) is 0 Å². The molecule has 1 aliphatic rings. The molecule has 0 aromatic carbocycles. The van der Waals surface area contributed by atoms with Gasteiger partial charge in [0.05, 0.1) is 0 Å². The first-order valence-corrected chi connectivity index (χ1v) is 5.37. The molecule has 1 saturated carbocycles. The van der Waals surface area contributed by atoms with E-state index >= 15 is 0 Å². The van der Waals surface area contributed by atoms with Gasteiger partial charge in [-0.1, -0.05) is 0 Å². The van der Waals surface area contributed by atoms with E-state index in [1.165, 1.54) is 7.05 Å². The molecule has 2 N–H and O–H groups in total. The fourth-order valence-electron chi connectivity index (χ4n) is 2.02. The first-order valence-electron chi connectivity index (χ1n) is 5.37. The summed E-state index contributed by atoms with van der Waals surface area (Å²) in [5.41, 5.74) is 5.67. The minimum Gasteiger partial charge on any atom is -0.336 e. The highest BCUT2D eigenvalue weighted by atomic mass is 19.4. The van der Waals surface area contributed by atoms with Gasteiger partial charge in [0, 0.05) is 19.0 Å². The standard InChI is InChI=1S/C10H17F3N2O/c1-15(6-10(11,12)13)9(16)7-2-4-8(14)5-3-7/h7-8H,2-6,14H2,1H3. The van der Waals surface area contributed by atoms with Gasteiger partial charge in [0.25, 0.3) is 0 Å². The highest BCUT2D eigenvalue weighted by Crippen LogP contribution is 2.26. The maximum absolute atomic E-state index is 12.1. The Morgan fingerprint density at radius 1 is 1.31 bits per heavy atom.